The van der Waals surface area contributed by atoms with Crippen LogP contribution >= 0.6 is 11.8 Å². The van der Waals surface area contributed by atoms with Gasteiger partial charge in [0.25, 0.3) is 0 Å². The fourth-order valence-electron chi connectivity index (χ4n) is 7.51. The van der Waals surface area contributed by atoms with Crippen LogP contribution in [-0.4, -0.2) is 43.8 Å². The van der Waals surface area contributed by atoms with Gasteiger partial charge < -0.3 is 0 Å². The quantitative estimate of drug-likeness (QED) is 0.548. The molecule has 7 rings (SSSR count). The molecular weight excluding hydrogens is 416 g/mol. The summed E-state index contributed by atoms with van der Waals surface area (Å²) in [5.41, 5.74) is 1.03. The summed E-state index contributed by atoms with van der Waals surface area (Å²) < 4.78 is 2.19. The number of nitrogens with zero attached hydrogens (tertiary/aromatic N) is 4. The molecule has 32 heavy (non-hydrogen) atoms. The molecule has 0 radical (unpaired) electrons. The standard InChI is InChI=1S/C26H34N4OS/c1-18(24(31)26-14-19-11-20(15-26)13-21(12-19)16-26)32-25-28-27-23(17-29-9-5-6-10-29)30(25)22-7-3-2-4-8-22/h2-4,7-8,18-21H,5-6,9-17H2,1H3. The molecule has 0 N–H and O–H groups in total. The summed E-state index contributed by atoms with van der Waals surface area (Å²) in [7, 11) is 0. The monoisotopic (exact) mass is 450 g/mol. The van der Waals surface area contributed by atoms with Gasteiger partial charge in [-0.1, -0.05) is 30.0 Å². The van der Waals surface area contributed by atoms with E-state index in [9.17, 15) is 4.79 Å². The van der Waals surface area contributed by atoms with Crippen LogP contribution < -0.4 is 0 Å². The maximum Gasteiger partial charge on any atom is 0.196 e. The van der Waals surface area contributed by atoms with Gasteiger partial charge in [0.1, 0.15) is 0 Å². The molecule has 1 unspecified atom stereocenters. The van der Waals surface area contributed by atoms with Gasteiger partial charge in [-0.3, -0.25) is 14.3 Å². The molecule has 2 heterocycles. The lowest BCUT2D eigenvalue weighted by Gasteiger charge is -2.56. The van der Waals surface area contributed by atoms with Gasteiger partial charge in [0.2, 0.25) is 0 Å². The maximum atomic E-state index is 13.8. The van der Waals surface area contributed by atoms with Gasteiger partial charge >= 0.3 is 0 Å². The zero-order valence-electron chi connectivity index (χ0n) is 19.1. The van der Waals surface area contributed by atoms with Crippen LogP contribution in [0.1, 0.15) is 64.1 Å². The second-order valence-electron chi connectivity index (χ2n) is 10.9. The summed E-state index contributed by atoms with van der Waals surface area (Å²) >= 11 is 1.62. The van der Waals surface area contributed by atoms with E-state index in [0.29, 0.717) is 5.78 Å². The second-order valence-corrected chi connectivity index (χ2v) is 12.2. The molecule has 170 valence electrons. The maximum absolute atomic E-state index is 13.8. The van der Waals surface area contributed by atoms with Gasteiger partial charge in [0.15, 0.2) is 16.8 Å². The van der Waals surface area contributed by atoms with Crippen molar-refractivity contribution in [2.24, 2.45) is 23.2 Å². The first-order valence-electron chi connectivity index (χ1n) is 12.5. The van der Waals surface area contributed by atoms with Crippen molar-refractivity contribution in [2.45, 2.75) is 75.2 Å². The molecule has 5 aliphatic rings. The molecule has 2 aromatic rings. The molecule has 4 bridgehead atoms. The van der Waals surface area contributed by atoms with Crippen LogP contribution in [0.4, 0.5) is 0 Å². The first kappa shape index (κ1) is 20.9. The summed E-state index contributed by atoms with van der Waals surface area (Å²) in [6.07, 6.45) is 10.0. The van der Waals surface area contributed by atoms with E-state index in [1.807, 2.05) is 6.07 Å². The third-order valence-corrected chi connectivity index (χ3v) is 9.53. The van der Waals surface area contributed by atoms with E-state index >= 15 is 0 Å². The Morgan fingerprint density at radius 3 is 2.28 bits per heavy atom. The second kappa shape index (κ2) is 8.28. The van der Waals surface area contributed by atoms with Crippen LogP contribution in [0, 0.1) is 23.2 Å². The van der Waals surface area contributed by atoms with Crippen molar-refractivity contribution in [3.05, 3.63) is 36.2 Å². The van der Waals surface area contributed by atoms with E-state index in [1.165, 1.54) is 32.1 Å². The van der Waals surface area contributed by atoms with E-state index in [-0.39, 0.29) is 10.7 Å². The lowest BCUT2D eigenvalue weighted by atomic mass is 9.48. The molecule has 5 nitrogen and oxygen atoms in total. The first-order chi connectivity index (χ1) is 15.6. The molecule has 4 saturated carbocycles. The lowest BCUT2D eigenvalue weighted by molar-refractivity contribution is -0.142. The largest absolute Gasteiger partial charge is 0.298 e. The van der Waals surface area contributed by atoms with Crippen molar-refractivity contribution in [3.63, 3.8) is 0 Å². The van der Waals surface area contributed by atoms with Gasteiger partial charge in [-0.05, 0) is 101 Å². The molecule has 1 aromatic carbocycles. The fourth-order valence-corrected chi connectivity index (χ4v) is 8.59. The number of hydrogen-bond acceptors (Lipinski definition) is 5. The van der Waals surface area contributed by atoms with E-state index < -0.39 is 0 Å². The molecule has 1 aliphatic heterocycles. The Hall–Kier alpha value is -1.66. The van der Waals surface area contributed by atoms with Gasteiger partial charge in [-0.15, -0.1) is 10.2 Å². The fraction of sp³-hybridized carbons (Fsp3) is 0.654. The third-order valence-electron chi connectivity index (χ3n) is 8.49. The van der Waals surface area contributed by atoms with Gasteiger partial charge in [-0.2, -0.15) is 0 Å². The number of aromatic nitrogens is 3. The molecule has 6 heteroatoms. The lowest BCUT2D eigenvalue weighted by Crippen LogP contribution is -2.51. The van der Waals surface area contributed by atoms with E-state index in [2.05, 4.69) is 50.9 Å². The first-order valence-corrected chi connectivity index (χ1v) is 13.4. The highest BCUT2D eigenvalue weighted by atomic mass is 32.2. The zero-order chi connectivity index (χ0) is 21.7. The number of rotatable bonds is 7. The number of carbonyl (C=O) groups excluding carboxylic acids is 1. The van der Waals surface area contributed by atoms with Crippen LogP contribution in [0.15, 0.2) is 35.5 Å². The van der Waals surface area contributed by atoms with Crippen LogP contribution in [-0.2, 0) is 11.3 Å². The van der Waals surface area contributed by atoms with Crippen molar-refractivity contribution in [1.29, 1.82) is 0 Å². The molecule has 1 atom stereocenters. The Kier molecular flexibility index (Phi) is 5.41. The van der Waals surface area contributed by atoms with Crippen molar-refractivity contribution in [1.82, 2.24) is 19.7 Å². The minimum atomic E-state index is -0.0856. The van der Waals surface area contributed by atoms with Gasteiger partial charge in [0, 0.05) is 11.1 Å². The highest BCUT2D eigenvalue weighted by Gasteiger charge is 2.55. The van der Waals surface area contributed by atoms with E-state index in [0.717, 1.165) is 73.3 Å². The normalized spacial score (nSPS) is 32.5. The van der Waals surface area contributed by atoms with Crippen LogP contribution in [0.2, 0.25) is 0 Å². The van der Waals surface area contributed by atoms with Crippen LogP contribution in [0.3, 0.4) is 0 Å². The molecular formula is C26H34N4OS. The summed E-state index contributed by atoms with van der Waals surface area (Å²) in [5, 5.41) is 9.97. The highest BCUT2D eigenvalue weighted by molar-refractivity contribution is 8.00. The number of para-hydroxylation sites is 1. The van der Waals surface area contributed by atoms with Crippen molar-refractivity contribution < 1.29 is 4.79 Å². The Labute approximate surface area is 195 Å². The predicted octanol–water partition coefficient (Wildman–Crippen LogP) is 5.13. The Morgan fingerprint density at radius 1 is 1.03 bits per heavy atom. The molecule has 0 amide bonds. The SMILES string of the molecule is CC(Sc1nnc(CN2CCCC2)n1-c1ccccc1)C(=O)C12CC3CC(CC(C3)C1)C2. The minimum absolute atomic E-state index is 0.0584. The number of ketones is 1. The number of benzene rings is 1. The average molecular weight is 451 g/mol. The summed E-state index contributed by atoms with van der Waals surface area (Å²) in [4.78, 5) is 16.3. The predicted molar refractivity (Wildman–Crippen MR) is 127 cm³/mol. The van der Waals surface area contributed by atoms with Crippen molar-refractivity contribution in [2.75, 3.05) is 13.1 Å². The van der Waals surface area contributed by atoms with E-state index in [1.54, 1.807) is 11.8 Å². The number of carbonyl (C=O) groups is 1. The Morgan fingerprint density at radius 2 is 1.66 bits per heavy atom. The van der Waals surface area contributed by atoms with Crippen LogP contribution in [0.25, 0.3) is 5.69 Å². The van der Waals surface area contributed by atoms with Crippen molar-refractivity contribution in [3.8, 4) is 5.69 Å². The van der Waals surface area contributed by atoms with Gasteiger partial charge in [0.05, 0.1) is 11.8 Å². The smallest absolute Gasteiger partial charge is 0.196 e. The Balaban J connectivity index is 1.26. The molecule has 4 aliphatic carbocycles. The molecule has 5 fully saturated rings. The highest BCUT2D eigenvalue weighted by Crippen LogP contribution is 2.61. The number of Topliss-reactive ketones (excluding diaryl/α,β-unsaturated/α-hetero) is 1. The summed E-state index contributed by atoms with van der Waals surface area (Å²) in [5.74, 6) is 3.84. The number of likely N-dealkylation sites (tertiary alicyclic amines) is 1. The minimum Gasteiger partial charge on any atom is -0.298 e. The molecule has 1 aromatic heterocycles. The number of hydrogen-bond donors (Lipinski definition) is 0. The average Bonchev–Trinajstić information content (AvgIpc) is 3.43. The molecule has 0 spiro atoms. The van der Waals surface area contributed by atoms with Gasteiger partial charge in [-0.25, -0.2) is 0 Å². The zero-order valence-corrected chi connectivity index (χ0v) is 19.9. The van der Waals surface area contributed by atoms with E-state index in [4.69, 9.17) is 0 Å². The number of thioether (sulfide) groups is 1. The Bertz CT molecular complexity index is 946. The summed E-state index contributed by atoms with van der Waals surface area (Å²) in [6, 6.07) is 10.4. The topological polar surface area (TPSA) is 51.0 Å². The summed E-state index contributed by atoms with van der Waals surface area (Å²) in [6.45, 7) is 5.19. The molecule has 1 saturated heterocycles. The van der Waals surface area contributed by atoms with Crippen LogP contribution in [0.5, 0.6) is 0 Å². The van der Waals surface area contributed by atoms with Crippen molar-refractivity contribution >= 4 is 17.5 Å². The third kappa shape index (κ3) is 3.73.